The van der Waals surface area contributed by atoms with Gasteiger partial charge in [-0.05, 0) is 25.7 Å². The zero-order chi connectivity index (χ0) is 8.77. The third kappa shape index (κ3) is 1.03. The lowest BCUT2D eigenvalue weighted by molar-refractivity contribution is -0.102. The van der Waals surface area contributed by atoms with Crippen LogP contribution in [0.1, 0.15) is 33.6 Å². The van der Waals surface area contributed by atoms with Gasteiger partial charge in [0.05, 0.1) is 12.2 Å². The van der Waals surface area contributed by atoms with E-state index in [-0.39, 0.29) is 5.60 Å². The summed E-state index contributed by atoms with van der Waals surface area (Å²) < 4.78 is 5.92. The van der Waals surface area contributed by atoms with Gasteiger partial charge < -0.3 is 4.74 Å². The summed E-state index contributed by atoms with van der Waals surface area (Å²) in [6, 6.07) is 0. The molecule has 0 saturated carbocycles. The van der Waals surface area contributed by atoms with Crippen molar-refractivity contribution in [1.82, 2.24) is 0 Å². The molecule has 1 saturated heterocycles. The van der Waals surface area contributed by atoms with Crippen LogP contribution < -0.4 is 0 Å². The normalized spacial score (nSPS) is 40.3. The predicted octanol–water partition coefficient (Wildman–Crippen LogP) is 2.77. The van der Waals surface area contributed by atoms with Crippen LogP contribution in [0.25, 0.3) is 0 Å². The molecule has 12 heavy (non-hydrogen) atoms. The van der Waals surface area contributed by atoms with Crippen LogP contribution in [-0.2, 0) is 4.74 Å². The SMILES string of the molecule is CC1=C[C@@]2(C(C)C)CC[C@@H]1CO2. The maximum Gasteiger partial charge on any atom is 0.0888 e. The Bertz CT molecular complexity index is 207. The largest absolute Gasteiger partial charge is 0.370 e. The van der Waals surface area contributed by atoms with Crippen LogP contribution in [0.2, 0.25) is 0 Å². The highest BCUT2D eigenvalue weighted by molar-refractivity contribution is 5.21. The van der Waals surface area contributed by atoms with Gasteiger partial charge in [-0.1, -0.05) is 25.5 Å². The van der Waals surface area contributed by atoms with Crippen molar-refractivity contribution in [3.8, 4) is 0 Å². The van der Waals surface area contributed by atoms with Crippen LogP contribution in [0, 0.1) is 11.8 Å². The van der Waals surface area contributed by atoms with Gasteiger partial charge in [0.2, 0.25) is 0 Å². The quantitative estimate of drug-likeness (QED) is 0.544. The van der Waals surface area contributed by atoms with Crippen molar-refractivity contribution in [3.05, 3.63) is 11.6 Å². The Morgan fingerprint density at radius 2 is 2.33 bits per heavy atom. The second-order valence-electron chi connectivity index (χ2n) is 4.54. The van der Waals surface area contributed by atoms with Gasteiger partial charge >= 0.3 is 0 Å². The zero-order valence-electron chi connectivity index (χ0n) is 8.26. The Kier molecular flexibility index (Phi) is 1.80. The molecule has 1 nitrogen and oxygen atoms in total. The highest BCUT2D eigenvalue weighted by Crippen LogP contribution is 2.43. The summed E-state index contributed by atoms with van der Waals surface area (Å²) in [5.41, 5.74) is 1.65. The van der Waals surface area contributed by atoms with Gasteiger partial charge in [-0.2, -0.15) is 0 Å². The van der Waals surface area contributed by atoms with Crippen LogP contribution >= 0.6 is 0 Å². The third-order valence-corrected chi connectivity index (χ3v) is 3.53. The monoisotopic (exact) mass is 166 g/mol. The number of ether oxygens (including phenoxy) is 1. The summed E-state index contributed by atoms with van der Waals surface area (Å²) >= 11 is 0. The summed E-state index contributed by atoms with van der Waals surface area (Å²) in [6.45, 7) is 7.73. The molecule has 2 heterocycles. The van der Waals surface area contributed by atoms with E-state index < -0.39 is 0 Å². The Morgan fingerprint density at radius 3 is 2.67 bits per heavy atom. The molecular weight excluding hydrogens is 148 g/mol. The van der Waals surface area contributed by atoms with E-state index >= 15 is 0 Å². The minimum Gasteiger partial charge on any atom is -0.370 e. The standard InChI is InChI=1S/C11H18O/c1-8(2)11-5-4-10(7-12-11)9(3)6-11/h6,8,10H,4-5,7H2,1-3H3/t10-,11-/m1/s1. The lowest BCUT2D eigenvalue weighted by Gasteiger charge is -2.46. The van der Waals surface area contributed by atoms with Crippen molar-refractivity contribution in [1.29, 1.82) is 0 Å². The van der Waals surface area contributed by atoms with Gasteiger partial charge in [0.15, 0.2) is 0 Å². The molecule has 1 aliphatic carbocycles. The smallest absolute Gasteiger partial charge is 0.0888 e. The first-order valence-electron chi connectivity index (χ1n) is 4.97. The number of hydrogen-bond acceptors (Lipinski definition) is 1. The fraction of sp³-hybridized carbons (Fsp3) is 0.818. The van der Waals surface area contributed by atoms with E-state index in [4.69, 9.17) is 4.74 Å². The maximum atomic E-state index is 5.92. The maximum absolute atomic E-state index is 5.92. The molecule has 1 heteroatoms. The van der Waals surface area contributed by atoms with E-state index in [0.29, 0.717) is 5.92 Å². The molecule has 0 spiro atoms. The summed E-state index contributed by atoms with van der Waals surface area (Å²) in [5.74, 6) is 1.35. The summed E-state index contributed by atoms with van der Waals surface area (Å²) in [7, 11) is 0. The fourth-order valence-corrected chi connectivity index (χ4v) is 2.41. The highest BCUT2D eigenvalue weighted by atomic mass is 16.5. The summed E-state index contributed by atoms with van der Waals surface area (Å²) in [4.78, 5) is 0. The Morgan fingerprint density at radius 1 is 1.58 bits per heavy atom. The molecule has 2 aliphatic heterocycles. The highest BCUT2D eigenvalue weighted by Gasteiger charge is 2.42. The second-order valence-corrected chi connectivity index (χ2v) is 4.54. The van der Waals surface area contributed by atoms with Gasteiger partial charge in [0.25, 0.3) is 0 Å². The van der Waals surface area contributed by atoms with Crippen LogP contribution in [0.5, 0.6) is 0 Å². The number of hydrogen-bond donors (Lipinski definition) is 0. The molecular formula is C11H18O. The predicted molar refractivity (Wildman–Crippen MR) is 50.0 cm³/mol. The lowest BCUT2D eigenvalue weighted by atomic mass is 9.72. The Balaban J connectivity index is 2.32. The van der Waals surface area contributed by atoms with Gasteiger partial charge in [0, 0.05) is 5.92 Å². The van der Waals surface area contributed by atoms with E-state index in [1.165, 1.54) is 12.8 Å². The molecule has 68 valence electrons. The van der Waals surface area contributed by atoms with Gasteiger partial charge in [-0.3, -0.25) is 0 Å². The number of fused-ring (bicyclic) bond motifs is 2. The van der Waals surface area contributed by atoms with Crippen LogP contribution in [-0.4, -0.2) is 12.2 Å². The third-order valence-electron chi connectivity index (χ3n) is 3.53. The summed E-state index contributed by atoms with van der Waals surface area (Å²) in [5, 5.41) is 0. The molecule has 2 atom stereocenters. The lowest BCUT2D eigenvalue weighted by Crippen LogP contribution is -2.46. The minimum atomic E-state index is 0.0961. The molecule has 0 N–H and O–H groups in total. The van der Waals surface area contributed by atoms with Crippen LogP contribution in [0.15, 0.2) is 11.6 Å². The van der Waals surface area contributed by atoms with Crippen LogP contribution in [0.4, 0.5) is 0 Å². The van der Waals surface area contributed by atoms with Crippen molar-refractivity contribution in [3.63, 3.8) is 0 Å². The molecule has 3 rings (SSSR count). The van der Waals surface area contributed by atoms with Crippen molar-refractivity contribution in [2.45, 2.75) is 39.2 Å². The average Bonchev–Trinajstić information content (AvgIpc) is 2.05. The van der Waals surface area contributed by atoms with E-state index in [9.17, 15) is 0 Å². The molecule has 3 aliphatic rings. The first-order chi connectivity index (χ1) is 5.64. The van der Waals surface area contributed by atoms with Gasteiger partial charge in [0.1, 0.15) is 0 Å². The molecule has 1 fully saturated rings. The van der Waals surface area contributed by atoms with E-state index in [0.717, 1.165) is 12.5 Å². The first-order valence-corrected chi connectivity index (χ1v) is 4.97. The molecule has 0 aromatic carbocycles. The molecule has 0 unspecified atom stereocenters. The van der Waals surface area contributed by atoms with E-state index in [1.807, 2.05) is 0 Å². The van der Waals surface area contributed by atoms with Gasteiger partial charge in [-0.15, -0.1) is 0 Å². The topological polar surface area (TPSA) is 9.23 Å². The van der Waals surface area contributed by atoms with E-state index in [1.54, 1.807) is 5.57 Å². The first kappa shape index (κ1) is 8.31. The summed E-state index contributed by atoms with van der Waals surface area (Å²) in [6.07, 6.45) is 4.93. The Hall–Kier alpha value is -0.300. The molecule has 0 amide bonds. The fourth-order valence-electron chi connectivity index (χ4n) is 2.41. The second kappa shape index (κ2) is 2.59. The van der Waals surface area contributed by atoms with Crippen molar-refractivity contribution in [2.24, 2.45) is 11.8 Å². The average molecular weight is 166 g/mol. The molecule has 0 radical (unpaired) electrons. The van der Waals surface area contributed by atoms with Crippen molar-refractivity contribution in [2.75, 3.05) is 6.61 Å². The molecule has 0 aromatic heterocycles. The van der Waals surface area contributed by atoms with Crippen molar-refractivity contribution >= 4 is 0 Å². The minimum absolute atomic E-state index is 0.0961. The van der Waals surface area contributed by atoms with Crippen LogP contribution in [0.3, 0.4) is 0 Å². The van der Waals surface area contributed by atoms with Crippen molar-refractivity contribution < 1.29 is 4.74 Å². The Labute approximate surface area is 74.8 Å². The molecule has 2 bridgehead atoms. The zero-order valence-corrected chi connectivity index (χ0v) is 8.26. The molecule has 0 aromatic rings. The number of rotatable bonds is 1. The van der Waals surface area contributed by atoms with Gasteiger partial charge in [-0.25, -0.2) is 0 Å². The van der Waals surface area contributed by atoms with E-state index in [2.05, 4.69) is 26.8 Å².